The summed E-state index contributed by atoms with van der Waals surface area (Å²) in [5.74, 6) is 1.95. The largest absolute Gasteiger partial charge is 0.490 e. The van der Waals surface area contributed by atoms with E-state index in [0.29, 0.717) is 19.1 Å². The van der Waals surface area contributed by atoms with Crippen LogP contribution in [0.1, 0.15) is 44.4 Å². The topological polar surface area (TPSA) is 44.5 Å². The maximum Gasteiger partial charge on any atom is 0.161 e. The Morgan fingerprint density at radius 3 is 2.35 bits per heavy atom. The van der Waals surface area contributed by atoms with E-state index in [-0.39, 0.29) is 6.04 Å². The first kappa shape index (κ1) is 17.4. The van der Waals surface area contributed by atoms with Crippen LogP contribution in [0.5, 0.6) is 11.5 Å². The fourth-order valence-corrected chi connectivity index (χ4v) is 2.44. The zero-order valence-electron chi connectivity index (χ0n) is 14.3. The van der Waals surface area contributed by atoms with Crippen LogP contribution in [0.4, 0.5) is 0 Å². The molecule has 2 aromatic carbocycles. The molecule has 0 fully saturated rings. The Bertz CT molecular complexity index is 598. The second-order valence-corrected chi connectivity index (χ2v) is 5.82. The van der Waals surface area contributed by atoms with Gasteiger partial charge >= 0.3 is 0 Å². The van der Waals surface area contributed by atoms with Crippen molar-refractivity contribution in [1.82, 2.24) is 0 Å². The molecule has 3 heteroatoms. The molecule has 2 rings (SSSR count). The number of nitrogens with two attached hydrogens (primary N) is 1. The highest BCUT2D eigenvalue weighted by Gasteiger charge is 2.16. The van der Waals surface area contributed by atoms with Crippen LogP contribution >= 0.6 is 0 Å². The van der Waals surface area contributed by atoms with Crippen molar-refractivity contribution in [2.24, 2.45) is 11.7 Å². The molecule has 1 unspecified atom stereocenters. The minimum Gasteiger partial charge on any atom is -0.490 e. The molecule has 0 heterocycles. The molecule has 0 aliphatic heterocycles. The summed E-state index contributed by atoms with van der Waals surface area (Å²) in [5.41, 5.74) is 8.56. The van der Waals surface area contributed by atoms with Gasteiger partial charge in [0, 0.05) is 6.04 Å². The van der Waals surface area contributed by atoms with E-state index in [1.54, 1.807) is 0 Å². The third-order valence-electron chi connectivity index (χ3n) is 4.15. The minimum absolute atomic E-state index is 0.0161. The molecular formula is C20H27NO2. The predicted molar refractivity (Wildman–Crippen MR) is 94.8 cm³/mol. The molecular weight excluding hydrogens is 286 g/mol. The Kier molecular flexibility index (Phi) is 6.48. The first-order valence-corrected chi connectivity index (χ1v) is 8.34. The van der Waals surface area contributed by atoms with E-state index in [1.165, 1.54) is 0 Å². The summed E-state index contributed by atoms with van der Waals surface area (Å²) in [6.45, 7) is 7.43. The van der Waals surface area contributed by atoms with E-state index >= 15 is 0 Å². The standard InChI is InChI=1S/C20H27NO2/c1-4-15(3)20(21)17-11-12-18(19(13-17)22-5-2)23-14-16-9-7-6-8-10-16/h6-13,15,20H,4-5,14,21H2,1-3H3/t15?,20-/m1/s1. The summed E-state index contributed by atoms with van der Waals surface area (Å²) < 4.78 is 11.7. The fraction of sp³-hybridized carbons (Fsp3) is 0.400. The van der Waals surface area contributed by atoms with E-state index < -0.39 is 0 Å². The van der Waals surface area contributed by atoms with Crippen LogP contribution in [0.25, 0.3) is 0 Å². The second kappa shape index (κ2) is 8.59. The van der Waals surface area contributed by atoms with Gasteiger partial charge in [-0.15, -0.1) is 0 Å². The zero-order chi connectivity index (χ0) is 16.7. The van der Waals surface area contributed by atoms with Gasteiger partial charge in [-0.3, -0.25) is 0 Å². The van der Waals surface area contributed by atoms with Gasteiger partial charge in [0.15, 0.2) is 11.5 Å². The smallest absolute Gasteiger partial charge is 0.161 e. The average Bonchev–Trinajstić information content (AvgIpc) is 2.60. The van der Waals surface area contributed by atoms with Crippen molar-refractivity contribution in [2.75, 3.05) is 6.61 Å². The van der Waals surface area contributed by atoms with Gasteiger partial charge in [-0.25, -0.2) is 0 Å². The molecule has 3 nitrogen and oxygen atoms in total. The summed E-state index contributed by atoms with van der Waals surface area (Å²) in [5, 5.41) is 0. The van der Waals surface area contributed by atoms with Gasteiger partial charge in [-0.05, 0) is 36.1 Å². The molecule has 0 bridgehead atoms. The Balaban J connectivity index is 2.15. The van der Waals surface area contributed by atoms with Gasteiger partial charge in [0.05, 0.1) is 6.61 Å². The van der Waals surface area contributed by atoms with Crippen LogP contribution in [0, 0.1) is 5.92 Å². The van der Waals surface area contributed by atoms with Gasteiger partial charge in [-0.2, -0.15) is 0 Å². The molecule has 0 radical (unpaired) electrons. The monoisotopic (exact) mass is 313 g/mol. The summed E-state index contributed by atoms with van der Waals surface area (Å²) in [6, 6.07) is 16.2. The van der Waals surface area contributed by atoms with E-state index in [4.69, 9.17) is 15.2 Å². The molecule has 2 atom stereocenters. The number of hydrogen-bond acceptors (Lipinski definition) is 3. The fourth-order valence-electron chi connectivity index (χ4n) is 2.44. The molecule has 0 aliphatic carbocycles. The summed E-state index contributed by atoms with van der Waals surface area (Å²) in [6.07, 6.45) is 1.05. The highest BCUT2D eigenvalue weighted by Crippen LogP contribution is 2.33. The van der Waals surface area contributed by atoms with E-state index in [9.17, 15) is 0 Å². The van der Waals surface area contributed by atoms with Crippen molar-refractivity contribution in [3.05, 3.63) is 59.7 Å². The molecule has 0 saturated carbocycles. The van der Waals surface area contributed by atoms with Gasteiger partial charge in [-0.1, -0.05) is 56.7 Å². The van der Waals surface area contributed by atoms with Gasteiger partial charge in [0.2, 0.25) is 0 Å². The number of benzene rings is 2. The first-order chi connectivity index (χ1) is 11.2. The molecule has 0 aliphatic rings. The molecule has 124 valence electrons. The lowest BCUT2D eigenvalue weighted by atomic mass is 9.93. The molecule has 2 N–H and O–H groups in total. The van der Waals surface area contributed by atoms with Crippen LogP contribution < -0.4 is 15.2 Å². The van der Waals surface area contributed by atoms with Gasteiger partial charge < -0.3 is 15.2 Å². The summed E-state index contributed by atoms with van der Waals surface area (Å²) in [4.78, 5) is 0. The van der Waals surface area contributed by atoms with Crippen LogP contribution in [0.2, 0.25) is 0 Å². The molecule has 23 heavy (non-hydrogen) atoms. The highest BCUT2D eigenvalue weighted by atomic mass is 16.5. The lowest BCUT2D eigenvalue weighted by molar-refractivity contribution is 0.268. The van der Waals surface area contributed by atoms with Crippen molar-refractivity contribution < 1.29 is 9.47 Å². The summed E-state index contributed by atoms with van der Waals surface area (Å²) >= 11 is 0. The van der Waals surface area contributed by atoms with Crippen LogP contribution in [0.3, 0.4) is 0 Å². The highest BCUT2D eigenvalue weighted by molar-refractivity contribution is 5.44. The number of ether oxygens (including phenoxy) is 2. The Morgan fingerprint density at radius 1 is 0.957 bits per heavy atom. The minimum atomic E-state index is 0.0161. The van der Waals surface area contributed by atoms with Gasteiger partial charge in [0.1, 0.15) is 6.61 Å². The number of hydrogen-bond donors (Lipinski definition) is 1. The van der Waals surface area contributed by atoms with Crippen LogP contribution in [-0.2, 0) is 6.61 Å². The maximum atomic E-state index is 6.33. The Hall–Kier alpha value is -2.00. The van der Waals surface area contributed by atoms with Crippen molar-refractivity contribution >= 4 is 0 Å². The normalized spacial score (nSPS) is 13.4. The molecule has 0 aromatic heterocycles. The lowest BCUT2D eigenvalue weighted by Gasteiger charge is -2.20. The third-order valence-corrected chi connectivity index (χ3v) is 4.15. The summed E-state index contributed by atoms with van der Waals surface area (Å²) in [7, 11) is 0. The van der Waals surface area contributed by atoms with Crippen LogP contribution in [-0.4, -0.2) is 6.61 Å². The predicted octanol–water partition coefficient (Wildman–Crippen LogP) is 4.71. The van der Waals surface area contributed by atoms with Crippen molar-refractivity contribution in [1.29, 1.82) is 0 Å². The first-order valence-electron chi connectivity index (χ1n) is 8.34. The zero-order valence-corrected chi connectivity index (χ0v) is 14.3. The molecule has 0 saturated heterocycles. The Labute approximate surface area is 139 Å². The Morgan fingerprint density at radius 2 is 1.70 bits per heavy atom. The quantitative estimate of drug-likeness (QED) is 0.767. The van der Waals surface area contributed by atoms with E-state index in [2.05, 4.69) is 13.8 Å². The van der Waals surface area contributed by atoms with Crippen LogP contribution in [0.15, 0.2) is 48.5 Å². The van der Waals surface area contributed by atoms with E-state index in [1.807, 2.05) is 55.5 Å². The SMILES string of the molecule is CCOc1cc([C@H](N)C(C)CC)ccc1OCc1ccccc1. The van der Waals surface area contributed by atoms with Crippen molar-refractivity contribution in [3.8, 4) is 11.5 Å². The average molecular weight is 313 g/mol. The number of rotatable bonds is 8. The molecule has 2 aromatic rings. The molecule has 0 amide bonds. The third kappa shape index (κ3) is 4.73. The lowest BCUT2D eigenvalue weighted by Crippen LogP contribution is -2.18. The second-order valence-electron chi connectivity index (χ2n) is 5.82. The van der Waals surface area contributed by atoms with Crippen molar-refractivity contribution in [2.45, 2.75) is 39.8 Å². The van der Waals surface area contributed by atoms with E-state index in [0.717, 1.165) is 29.0 Å². The maximum absolute atomic E-state index is 6.33. The van der Waals surface area contributed by atoms with Gasteiger partial charge in [0.25, 0.3) is 0 Å². The van der Waals surface area contributed by atoms with Crippen molar-refractivity contribution in [3.63, 3.8) is 0 Å². The molecule has 0 spiro atoms.